The molecule has 0 unspecified atom stereocenters. The molecule has 1 aliphatic heterocycles. The summed E-state index contributed by atoms with van der Waals surface area (Å²) in [6.45, 7) is 0. The van der Waals surface area contributed by atoms with Gasteiger partial charge in [-0.15, -0.1) is 0 Å². The van der Waals surface area contributed by atoms with E-state index in [0.717, 1.165) is 22.4 Å². The van der Waals surface area contributed by atoms with Crippen molar-refractivity contribution in [2.24, 2.45) is 0 Å². The van der Waals surface area contributed by atoms with Crippen molar-refractivity contribution in [2.45, 2.75) is 0 Å². The smallest absolute Gasteiger partial charge is 0.167 e. The van der Waals surface area contributed by atoms with Crippen LogP contribution in [0.4, 0.5) is 0 Å². The molecule has 0 radical (unpaired) electrons. The number of hydrogen-bond donors (Lipinski definition) is 0. The largest absolute Gasteiger partial charge is 0.356 e. The van der Waals surface area contributed by atoms with Crippen molar-refractivity contribution in [3.8, 4) is 11.3 Å². The van der Waals surface area contributed by atoms with E-state index >= 15 is 0 Å². The molecule has 0 fully saturated rings. The zero-order valence-electron chi connectivity index (χ0n) is 6.77. The fourth-order valence-corrected chi connectivity index (χ4v) is 1.46. The summed E-state index contributed by atoms with van der Waals surface area (Å²) in [4.78, 5) is 4.26. The minimum Gasteiger partial charge on any atom is -0.356 e. The van der Waals surface area contributed by atoms with E-state index in [1.165, 1.54) is 0 Å². The Morgan fingerprint density at radius 3 is 3.08 bits per heavy atom. The van der Waals surface area contributed by atoms with Crippen molar-refractivity contribution in [3.63, 3.8) is 0 Å². The maximum absolute atomic E-state index is 5.17. The molecule has 0 bridgehead atoms. The fraction of sp³-hybridized carbons (Fsp3) is 0. The lowest BCUT2D eigenvalue weighted by molar-refractivity contribution is 0.426. The summed E-state index contributed by atoms with van der Waals surface area (Å²) in [6.07, 6.45) is 1.76. The van der Waals surface area contributed by atoms with Gasteiger partial charge < -0.3 is 4.52 Å². The highest BCUT2D eigenvalue weighted by Crippen LogP contribution is 2.27. The van der Waals surface area contributed by atoms with Crippen LogP contribution in [-0.2, 0) is 0 Å². The van der Waals surface area contributed by atoms with Gasteiger partial charge in [-0.25, -0.2) is 0 Å². The van der Waals surface area contributed by atoms with Gasteiger partial charge in [0.25, 0.3) is 0 Å². The van der Waals surface area contributed by atoms with Crippen LogP contribution in [0.1, 0.15) is 0 Å². The van der Waals surface area contributed by atoms with Gasteiger partial charge in [0.15, 0.2) is 5.76 Å². The van der Waals surface area contributed by atoms with Crippen LogP contribution in [-0.4, -0.2) is 10.1 Å². The predicted octanol–water partition coefficient (Wildman–Crippen LogP) is 2.33. The van der Waals surface area contributed by atoms with Crippen LogP contribution >= 0.6 is 0 Å². The number of hydrogen-bond acceptors (Lipinski definition) is 3. The van der Waals surface area contributed by atoms with Crippen LogP contribution < -0.4 is 0 Å². The van der Waals surface area contributed by atoms with Crippen LogP contribution in [0.15, 0.2) is 41.1 Å². The van der Waals surface area contributed by atoms with Crippen LogP contribution in [0.5, 0.6) is 0 Å². The van der Waals surface area contributed by atoms with Gasteiger partial charge >= 0.3 is 0 Å². The first kappa shape index (κ1) is 6.60. The first-order valence-corrected chi connectivity index (χ1v) is 4.04. The molecule has 0 amide bonds. The molecule has 3 heteroatoms. The fourth-order valence-electron chi connectivity index (χ4n) is 1.46. The molecular weight excluding hydrogens is 164 g/mol. The van der Waals surface area contributed by atoms with Gasteiger partial charge in [0, 0.05) is 11.8 Å². The first-order chi connectivity index (χ1) is 6.45. The summed E-state index contributed by atoms with van der Waals surface area (Å²) in [7, 11) is 0. The monoisotopic (exact) mass is 170 g/mol. The standard InChI is InChI=1S/C10H6N2O/c1-3-7-9(5-1)13-12-8-4-2-6-11-10(7)8/h1-6H. The predicted molar refractivity (Wildman–Crippen MR) is 48.4 cm³/mol. The summed E-state index contributed by atoms with van der Waals surface area (Å²) in [5.74, 6) is 0.784. The first-order valence-electron chi connectivity index (χ1n) is 4.04. The van der Waals surface area contributed by atoms with Gasteiger partial charge in [0.2, 0.25) is 0 Å². The van der Waals surface area contributed by atoms with E-state index in [4.69, 9.17) is 4.52 Å². The molecule has 0 atom stereocenters. The Balaban J connectivity index is 2.57. The number of aromatic nitrogens is 2. The molecule has 3 rings (SSSR count). The lowest BCUT2D eigenvalue weighted by Gasteiger charge is -1.99. The molecule has 1 aliphatic carbocycles. The second-order valence-electron chi connectivity index (χ2n) is 2.86. The Bertz CT molecular complexity index is 529. The van der Waals surface area contributed by atoms with Gasteiger partial charge in [-0.1, -0.05) is 11.2 Å². The normalized spacial score (nSPS) is 11.1. The molecule has 1 aromatic rings. The zero-order valence-corrected chi connectivity index (χ0v) is 6.77. The average molecular weight is 170 g/mol. The third-order valence-electron chi connectivity index (χ3n) is 2.06. The Hall–Kier alpha value is -1.90. The maximum Gasteiger partial charge on any atom is 0.167 e. The Morgan fingerprint density at radius 1 is 1.08 bits per heavy atom. The van der Waals surface area contributed by atoms with Crippen LogP contribution in [0.2, 0.25) is 0 Å². The van der Waals surface area contributed by atoms with Crippen LogP contribution in [0.25, 0.3) is 22.4 Å². The van der Waals surface area contributed by atoms with Crippen LogP contribution in [0, 0.1) is 0 Å². The highest BCUT2D eigenvalue weighted by Gasteiger charge is 2.10. The van der Waals surface area contributed by atoms with Gasteiger partial charge in [-0.2, -0.15) is 0 Å². The number of fused-ring (bicyclic) bond motifs is 3. The molecule has 0 aromatic carbocycles. The van der Waals surface area contributed by atoms with Crippen molar-refractivity contribution >= 4 is 11.0 Å². The highest BCUT2D eigenvalue weighted by atomic mass is 16.5. The third kappa shape index (κ3) is 0.839. The quantitative estimate of drug-likeness (QED) is 0.519. The summed E-state index contributed by atoms with van der Waals surface area (Å²) < 4.78 is 5.17. The Labute approximate surface area is 74.3 Å². The zero-order chi connectivity index (χ0) is 8.67. The van der Waals surface area contributed by atoms with Crippen molar-refractivity contribution in [1.82, 2.24) is 10.1 Å². The number of nitrogens with zero attached hydrogens (tertiary/aromatic N) is 2. The summed E-state index contributed by atoms with van der Waals surface area (Å²) in [6, 6.07) is 9.54. The molecule has 62 valence electrons. The second kappa shape index (κ2) is 2.29. The SMILES string of the molecule is c1cc2onc3cccnc3c-2c1. The lowest BCUT2D eigenvalue weighted by Crippen LogP contribution is -1.85. The molecule has 13 heavy (non-hydrogen) atoms. The van der Waals surface area contributed by atoms with E-state index in [0.29, 0.717) is 0 Å². The summed E-state index contributed by atoms with van der Waals surface area (Å²) >= 11 is 0. The molecule has 1 aromatic heterocycles. The second-order valence-corrected chi connectivity index (χ2v) is 2.86. The molecule has 0 spiro atoms. The maximum atomic E-state index is 5.17. The van der Waals surface area contributed by atoms with Gasteiger partial charge in [0.05, 0.1) is 0 Å². The molecule has 0 saturated heterocycles. The Kier molecular flexibility index (Phi) is 1.16. The third-order valence-corrected chi connectivity index (χ3v) is 2.06. The Morgan fingerprint density at radius 2 is 2.08 bits per heavy atom. The van der Waals surface area contributed by atoms with Crippen molar-refractivity contribution < 1.29 is 4.52 Å². The van der Waals surface area contributed by atoms with Gasteiger partial charge in [-0.3, -0.25) is 4.98 Å². The summed E-state index contributed by atoms with van der Waals surface area (Å²) in [5.41, 5.74) is 2.71. The van der Waals surface area contributed by atoms with Crippen molar-refractivity contribution in [2.75, 3.05) is 0 Å². The molecule has 0 saturated carbocycles. The van der Waals surface area contributed by atoms with E-state index in [2.05, 4.69) is 10.1 Å². The van der Waals surface area contributed by atoms with Crippen LogP contribution in [0.3, 0.4) is 0 Å². The molecule has 2 heterocycles. The topological polar surface area (TPSA) is 38.9 Å². The molecule has 3 nitrogen and oxygen atoms in total. The minimum absolute atomic E-state index is 0.784. The number of rotatable bonds is 0. The van der Waals surface area contributed by atoms with E-state index in [9.17, 15) is 0 Å². The average Bonchev–Trinajstić information content (AvgIpc) is 2.65. The van der Waals surface area contributed by atoms with Gasteiger partial charge in [0.1, 0.15) is 11.0 Å². The van der Waals surface area contributed by atoms with Gasteiger partial charge in [-0.05, 0) is 24.3 Å². The van der Waals surface area contributed by atoms with Crippen molar-refractivity contribution in [1.29, 1.82) is 0 Å². The molecular formula is C10H6N2O. The molecule has 2 aliphatic rings. The minimum atomic E-state index is 0.784. The lowest BCUT2D eigenvalue weighted by atomic mass is 10.2. The van der Waals surface area contributed by atoms with E-state index in [1.54, 1.807) is 6.20 Å². The summed E-state index contributed by atoms with van der Waals surface area (Å²) in [5, 5.41) is 3.94. The highest BCUT2D eigenvalue weighted by molar-refractivity contribution is 5.89. The van der Waals surface area contributed by atoms with E-state index < -0.39 is 0 Å². The van der Waals surface area contributed by atoms with Crippen molar-refractivity contribution in [3.05, 3.63) is 36.5 Å². The van der Waals surface area contributed by atoms with E-state index in [-0.39, 0.29) is 0 Å². The van der Waals surface area contributed by atoms with E-state index in [1.807, 2.05) is 30.3 Å². The molecule has 0 N–H and O–H groups in total. The number of pyridine rings is 1.